The van der Waals surface area contributed by atoms with E-state index in [-0.39, 0.29) is 47.5 Å². The number of nitrogens with zero attached hydrogens (tertiary/aromatic N) is 1. The van der Waals surface area contributed by atoms with Crippen LogP contribution in [0.4, 0.5) is 0 Å². The zero-order valence-electron chi connectivity index (χ0n) is 16.4. The summed E-state index contributed by atoms with van der Waals surface area (Å²) >= 11 is 0. The molecule has 0 aromatic carbocycles. The molecule has 0 bridgehead atoms. The van der Waals surface area contributed by atoms with Crippen LogP contribution in [0.25, 0.3) is 0 Å². The summed E-state index contributed by atoms with van der Waals surface area (Å²) in [6.45, 7) is 5.97. The topological polar surface area (TPSA) is 83.4 Å². The Labute approximate surface area is 167 Å². The number of carbonyl (C=O) groups is 1. The van der Waals surface area contributed by atoms with Crippen molar-refractivity contribution < 1.29 is 9.90 Å². The summed E-state index contributed by atoms with van der Waals surface area (Å²) in [6, 6.07) is 3.55. The summed E-state index contributed by atoms with van der Waals surface area (Å²) in [7, 11) is 1.72. The van der Waals surface area contributed by atoms with Crippen molar-refractivity contribution in [2.45, 2.75) is 57.6 Å². The van der Waals surface area contributed by atoms with Crippen molar-refractivity contribution in [3.63, 3.8) is 0 Å². The zero-order valence-corrected chi connectivity index (χ0v) is 17.2. The quantitative estimate of drug-likeness (QED) is 0.707. The molecule has 152 valence electrons. The first kappa shape index (κ1) is 21.9. The molecule has 2 heterocycles. The Bertz CT molecular complexity index is 707. The molecule has 1 aromatic heterocycles. The van der Waals surface area contributed by atoms with E-state index in [9.17, 15) is 14.7 Å². The fourth-order valence-corrected chi connectivity index (χ4v) is 4.38. The van der Waals surface area contributed by atoms with Gasteiger partial charge in [-0.2, -0.15) is 0 Å². The van der Waals surface area contributed by atoms with E-state index in [0.29, 0.717) is 11.8 Å². The highest BCUT2D eigenvalue weighted by Gasteiger charge is 2.39. The summed E-state index contributed by atoms with van der Waals surface area (Å²) in [5.41, 5.74) is 0.880. The lowest BCUT2D eigenvalue weighted by Crippen LogP contribution is -2.53. The van der Waals surface area contributed by atoms with E-state index in [0.717, 1.165) is 44.5 Å². The highest BCUT2D eigenvalue weighted by molar-refractivity contribution is 5.94. The number of piperidine rings is 1. The molecule has 1 aliphatic heterocycles. The van der Waals surface area contributed by atoms with Gasteiger partial charge in [0.25, 0.3) is 11.5 Å². The van der Waals surface area contributed by atoms with Gasteiger partial charge in [-0.05, 0) is 68.7 Å². The number of hydrogen-bond donors (Lipinski definition) is 3. The molecule has 3 N–H and O–H groups in total. The fraction of sp³-hybridized carbons (Fsp3) is 0.700. The van der Waals surface area contributed by atoms with Gasteiger partial charge in [0, 0.05) is 18.8 Å². The van der Waals surface area contributed by atoms with Crippen LogP contribution in [0.15, 0.2) is 16.9 Å². The summed E-state index contributed by atoms with van der Waals surface area (Å²) in [5, 5.41) is 16.2. The normalized spacial score (nSPS) is 24.0. The molecular weight excluding hydrogens is 366 g/mol. The lowest BCUT2D eigenvalue weighted by molar-refractivity contribution is 0.00916. The average molecular weight is 398 g/mol. The van der Waals surface area contributed by atoms with Gasteiger partial charge < -0.3 is 20.3 Å². The van der Waals surface area contributed by atoms with Crippen LogP contribution in [0.5, 0.6) is 0 Å². The number of amides is 1. The molecule has 7 heteroatoms. The van der Waals surface area contributed by atoms with Crippen LogP contribution in [0, 0.1) is 11.8 Å². The Morgan fingerprint density at radius 3 is 2.41 bits per heavy atom. The molecular formula is C20H32ClN3O3. The molecule has 3 rings (SSSR count). The molecule has 1 atom stereocenters. The second kappa shape index (κ2) is 9.22. The largest absolute Gasteiger partial charge is 0.393 e. The van der Waals surface area contributed by atoms with Gasteiger partial charge in [0.2, 0.25) is 0 Å². The maximum absolute atomic E-state index is 12.9. The van der Waals surface area contributed by atoms with Crippen LogP contribution in [-0.4, -0.2) is 40.8 Å². The monoisotopic (exact) mass is 397 g/mol. The number of nitrogens with one attached hydrogen (secondary N) is 2. The standard InChI is InChI=1S/C20H31N3O3.ClH/c1-12(2)17-5-4-16(20(26)23(17)3)19(25)22-18(14-10-15(24)11-14)13-6-8-21-9-7-13;/h4-5,12-15,18,21,24H,6-11H2,1-3H3,(H,22,25);1H. The van der Waals surface area contributed by atoms with Gasteiger partial charge in [-0.15, -0.1) is 12.4 Å². The molecule has 0 radical (unpaired) electrons. The molecule has 0 spiro atoms. The van der Waals surface area contributed by atoms with Gasteiger partial charge in [0.05, 0.1) is 6.10 Å². The third kappa shape index (κ3) is 4.73. The SMILES string of the molecule is CC(C)c1ccc(C(=O)NC(C2CCNCC2)C2CC(O)C2)c(=O)n1C.Cl. The maximum atomic E-state index is 12.9. The van der Waals surface area contributed by atoms with Crippen molar-refractivity contribution in [2.75, 3.05) is 13.1 Å². The molecule has 1 amide bonds. The van der Waals surface area contributed by atoms with Crippen LogP contribution >= 0.6 is 12.4 Å². The van der Waals surface area contributed by atoms with E-state index in [1.54, 1.807) is 17.7 Å². The molecule has 1 saturated heterocycles. The predicted molar refractivity (Wildman–Crippen MR) is 109 cm³/mol. The number of pyridine rings is 1. The van der Waals surface area contributed by atoms with E-state index < -0.39 is 0 Å². The van der Waals surface area contributed by atoms with E-state index in [2.05, 4.69) is 10.6 Å². The number of aliphatic hydroxyl groups is 1. The molecule has 2 aliphatic rings. The average Bonchev–Trinajstić information content (AvgIpc) is 2.59. The van der Waals surface area contributed by atoms with Crippen LogP contribution in [-0.2, 0) is 7.05 Å². The molecule has 1 aromatic rings. The van der Waals surface area contributed by atoms with Crippen molar-refractivity contribution in [3.8, 4) is 0 Å². The van der Waals surface area contributed by atoms with E-state index in [1.807, 2.05) is 19.9 Å². The highest BCUT2D eigenvalue weighted by Crippen LogP contribution is 2.35. The van der Waals surface area contributed by atoms with Crippen molar-refractivity contribution >= 4 is 18.3 Å². The molecule has 1 aliphatic carbocycles. The lowest BCUT2D eigenvalue weighted by atomic mass is 9.71. The highest BCUT2D eigenvalue weighted by atomic mass is 35.5. The van der Waals surface area contributed by atoms with Crippen molar-refractivity contribution in [2.24, 2.45) is 18.9 Å². The van der Waals surface area contributed by atoms with Gasteiger partial charge >= 0.3 is 0 Å². The Morgan fingerprint density at radius 1 is 1.22 bits per heavy atom. The summed E-state index contributed by atoms with van der Waals surface area (Å²) in [5.74, 6) is 0.641. The van der Waals surface area contributed by atoms with E-state index >= 15 is 0 Å². The molecule has 27 heavy (non-hydrogen) atoms. The lowest BCUT2D eigenvalue weighted by Gasteiger charge is -2.43. The number of hydrogen-bond acceptors (Lipinski definition) is 4. The van der Waals surface area contributed by atoms with Crippen molar-refractivity contribution in [1.82, 2.24) is 15.2 Å². The molecule has 6 nitrogen and oxygen atoms in total. The van der Waals surface area contributed by atoms with E-state index in [4.69, 9.17) is 0 Å². The number of aromatic nitrogens is 1. The summed E-state index contributed by atoms with van der Waals surface area (Å²) in [4.78, 5) is 25.5. The van der Waals surface area contributed by atoms with Gasteiger partial charge in [0.15, 0.2) is 0 Å². The number of halogens is 1. The van der Waals surface area contributed by atoms with Gasteiger partial charge in [-0.3, -0.25) is 9.59 Å². The van der Waals surface area contributed by atoms with Crippen LogP contribution in [0.1, 0.15) is 61.5 Å². The second-order valence-corrected chi connectivity index (χ2v) is 8.16. The number of aliphatic hydroxyl groups excluding tert-OH is 1. The van der Waals surface area contributed by atoms with Crippen molar-refractivity contribution in [3.05, 3.63) is 33.7 Å². The van der Waals surface area contributed by atoms with Gasteiger partial charge in [-0.1, -0.05) is 13.8 Å². The third-order valence-corrected chi connectivity index (χ3v) is 6.03. The Morgan fingerprint density at radius 2 is 1.85 bits per heavy atom. The third-order valence-electron chi connectivity index (χ3n) is 6.03. The maximum Gasteiger partial charge on any atom is 0.263 e. The molecule has 2 fully saturated rings. The first-order chi connectivity index (χ1) is 12.4. The Hall–Kier alpha value is -1.37. The number of rotatable bonds is 5. The van der Waals surface area contributed by atoms with Crippen LogP contribution in [0.2, 0.25) is 0 Å². The minimum atomic E-state index is -0.286. The zero-order chi connectivity index (χ0) is 18.8. The van der Waals surface area contributed by atoms with Gasteiger partial charge in [0.1, 0.15) is 5.56 Å². The first-order valence-electron chi connectivity index (χ1n) is 9.78. The first-order valence-corrected chi connectivity index (χ1v) is 9.78. The molecule has 1 saturated carbocycles. The van der Waals surface area contributed by atoms with Crippen LogP contribution < -0.4 is 16.2 Å². The Balaban J connectivity index is 0.00000261. The molecule has 1 unspecified atom stereocenters. The summed E-state index contributed by atoms with van der Waals surface area (Å²) < 4.78 is 1.58. The van der Waals surface area contributed by atoms with Gasteiger partial charge in [-0.25, -0.2) is 0 Å². The van der Waals surface area contributed by atoms with Crippen molar-refractivity contribution in [1.29, 1.82) is 0 Å². The van der Waals surface area contributed by atoms with Crippen LogP contribution in [0.3, 0.4) is 0 Å². The minimum Gasteiger partial charge on any atom is -0.393 e. The minimum absolute atomic E-state index is 0. The number of carbonyl (C=O) groups excluding carboxylic acids is 1. The predicted octanol–water partition coefficient (Wildman–Crippen LogP) is 1.80. The van der Waals surface area contributed by atoms with E-state index in [1.165, 1.54) is 0 Å². The fourth-order valence-electron chi connectivity index (χ4n) is 4.38. The second-order valence-electron chi connectivity index (χ2n) is 8.16. The Kier molecular flexibility index (Phi) is 7.48. The summed E-state index contributed by atoms with van der Waals surface area (Å²) in [6.07, 6.45) is 3.25. The smallest absolute Gasteiger partial charge is 0.263 e.